The maximum atomic E-state index is 12.8. The van der Waals surface area contributed by atoms with Gasteiger partial charge < -0.3 is 10.2 Å². The highest BCUT2D eigenvalue weighted by Gasteiger charge is 2.32. The van der Waals surface area contributed by atoms with Crippen LogP contribution in [0.15, 0.2) is 30.3 Å². The van der Waals surface area contributed by atoms with Crippen molar-refractivity contribution in [1.82, 2.24) is 15.1 Å². The molecule has 3 rings (SSSR count). The van der Waals surface area contributed by atoms with E-state index in [4.69, 9.17) is 0 Å². The van der Waals surface area contributed by atoms with Gasteiger partial charge in [0.25, 0.3) is 0 Å². The SMILES string of the molecule is CCN(C(=O)CCC1CCNC1)C1CCN(C(C)c2ccccc2)C1. The van der Waals surface area contributed by atoms with Gasteiger partial charge in [0.15, 0.2) is 0 Å². The maximum absolute atomic E-state index is 12.8. The molecule has 4 nitrogen and oxygen atoms in total. The summed E-state index contributed by atoms with van der Waals surface area (Å²) in [6, 6.07) is 11.5. The summed E-state index contributed by atoms with van der Waals surface area (Å²) in [7, 11) is 0. The van der Waals surface area contributed by atoms with Gasteiger partial charge in [-0.2, -0.15) is 0 Å². The second-order valence-electron chi connectivity index (χ2n) is 7.60. The molecule has 25 heavy (non-hydrogen) atoms. The van der Waals surface area contributed by atoms with E-state index in [1.54, 1.807) is 0 Å². The first-order valence-corrected chi connectivity index (χ1v) is 9.98. The molecule has 2 aliphatic heterocycles. The van der Waals surface area contributed by atoms with Crippen LogP contribution in [0.5, 0.6) is 0 Å². The van der Waals surface area contributed by atoms with E-state index in [0.717, 1.165) is 45.6 Å². The van der Waals surface area contributed by atoms with Crippen LogP contribution in [0.3, 0.4) is 0 Å². The topological polar surface area (TPSA) is 35.6 Å². The number of carbonyl (C=O) groups is 1. The van der Waals surface area contributed by atoms with Crippen LogP contribution in [0.4, 0.5) is 0 Å². The zero-order valence-corrected chi connectivity index (χ0v) is 15.8. The first-order chi connectivity index (χ1) is 12.2. The van der Waals surface area contributed by atoms with Gasteiger partial charge in [0.2, 0.25) is 5.91 Å². The molecule has 2 saturated heterocycles. The molecule has 2 fully saturated rings. The van der Waals surface area contributed by atoms with Crippen molar-refractivity contribution in [3.05, 3.63) is 35.9 Å². The monoisotopic (exact) mass is 343 g/mol. The molecule has 0 saturated carbocycles. The third-order valence-corrected chi connectivity index (χ3v) is 6.06. The summed E-state index contributed by atoms with van der Waals surface area (Å²) < 4.78 is 0. The van der Waals surface area contributed by atoms with Gasteiger partial charge in [-0.25, -0.2) is 0 Å². The predicted octanol–water partition coefficient (Wildman–Crippen LogP) is 3.06. The lowest BCUT2D eigenvalue weighted by molar-refractivity contribution is -0.133. The number of hydrogen-bond donors (Lipinski definition) is 1. The van der Waals surface area contributed by atoms with Gasteiger partial charge in [-0.3, -0.25) is 9.69 Å². The minimum absolute atomic E-state index is 0.355. The molecule has 4 heteroatoms. The van der Waals surface area contributed by atoms with Gasteiger partial charge in [-0.05, 0) is 57.7 Å². The van der Waals surface area contributed by atoms with Crippen molar-refractivity contribution in [3.8, 4) is 0 Å². The molecule has 1 amide bonds. The zero-order chi connectivity index (χ0) is 17.6. The molecule has 1 N–H and O–H groups in total. The van der Waals surface area contributed by atoms with Crippen LogP contribution in [0, 0.1) is 5.92 Å². The molecule has 3 unspecified atom stereocenters. The summed E-state index contributed by atoms with van der Waals surface area (Å²) in [5.41, 5.74) is 1.37. The second kappa shape index (κ2) is 8.81. The third-order valence-electron chi connectivity index (χ3n) is 6.06. The van der Waals surface area contributed by atoms with Gasteiger partial charge in [-0.15, -0.1) is 0 Å². The normalized spacial score (nSPS) is 25.2. The first-order valence-electron chi connectivity index (χ1n) is 9.98. The Bertz CT molecular complexity index is 541. The van der Waals surface area contributed by atoms with E-state index in [9.17, 15) is 4.79 Å². The fourth-order valence-corrected chi connectivity index (χ4v) is 4.39. The molecule has 0 radical (unpaired) electrons. The van der Waals surface area contributed by atoms with Crippen LogP contribution < -0.4 is 5.32 Å². The van der Waals surface area contributed by atoms with Gasteiger partial charge in [0.05, 0.1) is 0 Å². The molecule has 0 aromatic heterocycles. The predicted molar refractivity (Wildman–Crippen MR) is 102 cm³/mol. The number of likely N-dealkylation sites (tertiary alicyclic amines) is 1. The summed E-state index contributed by atoms with van der Waals surface area (Å²) in [4.78, 5) is 17.4. The second-order valence-corrected chi connectivity index (χ2v) is 7.60. The maximum Gasteiger partial charge on any atom is 0.222 e. The molecule has 1 aromatic carbocycles. The molecule has 0 aliphatic carbocycles. The van der Waals surface area contributed by atoms with Gasteiger partial charge in [0, 0.05) is 38.1 Å². The molecule has 2 aliphatic rings. The number of amides is 1. The van der Waals surface area contributed by atoms with Crippen LogP contribution >= 0.6 is 0 Å². The van der Waals surface area contributed by atoms with Crippen molar-refractivity contribution in [3.63, 3.8) is 0 Å². The van der Waals surface area contributed by atoms with Crippen molar-refractivity contribution in [2.75, 3.05) is 32.7 Å². The average molecular weight is 344 g/mol. The Labute approximate surface area is 152 Å². The molecule has 1 aromatic rings. The highest BCUT2D eigenvalue weighted by Crippen LogP contribution is 2.27. The fraction of sp³-hybridized carbons (Fsp3) is 0.667. The number of nitrogens with one attached hydrogen (secondary N) is 1. The van der Waals surface area contributed by atoms with E-state index in [1.807, 2.05) is 0 Å². The minimum atomic E-state index is 0.355. The number of benzene rings is 1. The zero-order valence-electron chi connectivity index (χ0n) is 15.8. The summed E-state index contributed by atoms with van der Waals surface area (Å²) in [6.45, 7) is 9.52. The molecular weight excluding hydrogens is 310 g/mol. The van der Waals surface area contributed by atoms with E-state index >= 15 is 0 Å². The van der Waals surface area contributed by atoms with E-state index in [-0.39, 0.29) is 0 Å². The molecule has 0 spiro atoms. The molecule has 3 atom stereocenters. The highest BCUT2D eigenvalue weighted by molar-refractivity contribution is 5.76. The molecule has 0 bridgehead atoms. The quantitative estimate of drug-likeness (QED) is 0.826. The number of likely N-dealkylation sites (N-methyl/N-ethyl adjacent to an activating group) is 1. The lowest BCUT2D eigenvalue weighted by Gasteiger charge is -2.30. The third kappa shape index (κ3) is 4.62. The number of hydrogen-bond acceptors (Lipinski definition) is 3. The summed E-state index contributed by atoms with van der Waals surface area (Å²) in [6.07, 6.45) is 4.08. The smallest absolute Gasteiger partial charge is 0.222 e. The summed E-state index contributed by atoms with van der Waals surface area (Å²) >= 11 is 0. The molecular formula is C21H33N3O. The standard InChI is InChI=1S/C21H33N3O/c1-3-24(21(25)10-9-18-11-13-22-15-18)20-12-14-23(16-20)17(2)19-7-5-4-6-8-19/h4-8,17-18,20,22H,3,9-16H2,1-2H3. The lowest BCUT2D eigenvalue weighted by atomic mass is 10.0. The number of nitrogens with zero attached hydrogens (tertiary/aromatic N) is 2. The van der Waals surface area contributed by atoms with Crippen molar-refractivity contribution in [1.29, 1.82) is 0 Å². The van der Waals surface area contributed by atoms with Gasteiger partial charge >= 0.3 is 0 Å². The summed E-state index contributed by atoms with van der Waals surface area (Å²) in [5.74, 6) is 1.05. The molecule has 2 heterocycles. The van der Waals surface area contributed by atoms with Crippen LogP contribution in [-0.4, -0.2) is 54.5 Å². The van der Waals surface area contributed by atoms with Crippen molar-refractivity contribution < 1.29 is 4.79 Å². The van der Waals surface area contributed by atoms with Crippen LogP contribution in [0.1, 0.15) is 51.1 Å². The Morgan fingerprint density at radius 1 is 1.32 bits per heavy atom. The van der Waals surface area contributed by atoms with Crippen LogP contribution in [0.2, 0.25) is 0 Å². The Kier molecular flexibility index (Phi) is 6.49. The van der Waals surface area contributed by atoms with Crippen LogP contribution in [-0.2, 0) is 4.79 Å². The van der Waals surface area contributed by atoms with E-state index in [0.29, 0.717) is 30.3 Å². The highest BCUT2D eigenvalue weighted by atomic mass is 16.2. The van der Waals surface area contributed by atoms with E-state index < -0.39 is 0 Å². The van der Waals surface area contributed by atoms with E-state index in [1.165, 1.54) is 12.0 Å². The van der Waals surface area contributed by atoms with Gasteiger partial charge in [0.1, 0.15) is 0 Å². The fourth-order valence-electron chi connectivity index (χ4n) is 4.39. The van der Waals surface area contributed by atoms with E-state index in [2.05, 4.69) is 59.3 Å². The minimum Gasteiger partial charge on any atom is -0.339 e. The number of rotatable bonds is 7. The Hall–Kier alpha value is -1.39. The lowest BCUT2D eigenvalue weighted by Crippen LogP contribution is -2.42. The van der Waals surface area contributed by atoms with Crippen molar-refractivity contribution >= 4 is 5.91 Å². The van der Waals surface area contributed by atoms with Crippen molar-refractivity contribution in [2.24, 2.45) is 5.92 Å². The molecule has 138 valence electrons. The van der Waals surface area contributed by atoms with Gasteiger partial charge in [-0.1, -0.05) is 30.3 Å². The average Bonchev–Trinajstić information content (AvgIpc) is 3.33. The summed E-state index contributed by atoms with van der Waals surface area (Å²) in [5, 5.41) is 3.40. The largest absolute Gasteiger partial charge is 0.339 e. The Balaban J connectivity index is 1.52. The Morgan fingerprint density at radius 2 is 2.12 bits per heavy atom. The first kappa shape index (κ1) is 18.4. The van der Waals surface area contributed by atoms with Crippen molar-refractivity contribution in [2.45, 2.75) is 51.6 Å². The van der Waals surface area contributed by atoms with Crippen LogP contribution in [0.25, 0.3) is 0 Å². The Morgan fingerprint density at radius 3 is 2.80 bits per heavy atom. The number of carbonyl (C=O) groups excluding carboxylic acids is 1.